The molecule has 0 aliphatic heterocycles. The topological polar surface area (TPSA) is 46.1 Å². The van der Waals surface area contributed by atoms with Crippen molar-refractivity contribution in [2.75, 3.05) is 4.90 Å². The van der Waals surface area contributed by atoms with Gasteiger partial charge in [0, 0.05) is 21.4 Å². The molecule has 0 N–H and O–H groups in total. The molecule has 0 unspecified atom stereocenters. The van der Waals surface area contributed by atoms with Crippen LogP contribution in [-0.4, -0.2) is 21.1 Å². The summed E-state index contributed by atoms with van der Waals surface area (Å²) in [5.74, 6) is -0.0138. The summed E-state index contributed by atoms with van der Waals surface area (Å²) in [7, 11) is 0. The van der Waals surface area contributed by atoms with Crippen molar-refractivity contribution in [2.45, 2.75) is 37.0 Å². The van der Waals surface area contributed by atoms with E-state index in [2.05, 4.69) is 31.0 Å². The number of hydrogen-bond acceptors (Lipinski definition) is 5. The molecule has 0 saturated carbocycles. The number of halogens is 1. The van der Waals surface area contributed by atoms with E-state index in [1.54, 1.807) is 11.1 Å². The summed E-state index contributed by atoms with van der Waals surface area (Å²) < 4.78 is 0.955. The van der Waals surface area contributed by atoms with E-state index in [-0.39, 0.29) is 5.91 Å². The summed E-state index contributed by atoms with van der Waals surface area (Å²) >= 11 is 9.42. The summed E-state index contributed by atoms with van der Waals surface area (Å²) in [5.41, 5.74) is 2.63. The lowest BCUT2D eigenvalue weighted by molar-refractivity contribution is -0.118. The van der Waals surface area contributed by atoms with Crippen LogP contribution in [0.2, 0.25) is 5.02 Å². The number of nitrogens with zero attached hydrogens (tertiary/aromatic N) is 3. The molecule has 4 aromatic rings. The third kappa shape index (κ3) is 5.64. The molecule has 158 valence electrons. The second-order valence-corrected chi connectivity index (χ2v) is 10.5. The number of pyridine rings is 1. The highest BCUT2D eigenvalue weighted by Crippen LogP contribution is 2.32. The lowest BCUT2D eigenvalue weighted by atomic mass is 10.1. The van der Waals surface area contributed by atoms with Crippen LogP contribution in [0.15, 0.2) is 71.8 Å². The number of hydrogen-bond donors (Lipinski definition) is 0. The third-order valence-corrected chi connectivity index (χ3v) is 6.86. The first kappa shape index (κ1) is 21.8. The van der Waals surface area contributed by atoms with Gasteiger partial charge >= 0.3 is 0 Å². The highest BCUT2D eigenvalue weighted by atomic mass is 35.5. The summed E-state index contributed by atoms with van der Waals surface area (Å²) in [6.45, 7) is 4.71. The van der Waals surface area contributed by atoms with Crippen LogP contribution >= 0.6 is 34.7 Å². The van der Waals surface area contributed by atoms with E-state index in [1.165, 1.54) is 16.2 Å². The van der Waals surface area contributed by atoms with Crippen molar-refractivity contribution in [3.8, 4) is 0 Å². The maximum atomic E-state index is 13.4. The number of carbonyl (C=O) groups is 1. The van der Waals surface area contributed by atoms with Gasteiger partial charge in [-0.1, -0.05) is 55.0 Å². The lowest BCUT2D eigenvalue weighted by Crippen LogP contribution is -2.32. The van der Waals surface area contributed by atoms with E-state index in [4.69, 9.17) is 16.6 Å². The van der Waals surface area contributed by atoms with Crippen molar-refractivity contribution in [2.24, 2.45) is 0 Å². The Morgan fingerprint density at radius 1 is 1.13 bits per heavy atom. The van der Waals surface area contributed by atoms with Gasteiger partial charge in [0.25, 0.3) is 0 Å². The largest absolute Gasteiger partial charge is 0.282 e. The van der Waals surface area contributed by atoms with E-state index in [9.17, 15) is 4.79 Å². The molecule has 2 heterocycles. The van der Waals surface area contributed by atoms with Gasteiger partial charge in [-0.05, 0) is 48.0 Å². The second kappa shape index (κ2) is 9.81. The zero-order chi connectivity index (χ0) is 21.8. The minimum Gasteiger partial charge on any atom is -0.282 e. The van der Waals surface area contributed by atoms with E-state index < -0.39 is 0 Å². The van der Waals surface area contributed by atoms with Crippen molar-refractivity contribution < 1.29 is 4.79 Å². The highest BCUT2D eigenvalue weighted by Gasteiger charge is 2.21. The third-order valence-electron chi connectivity index (χ3n) is 4.57. The van der Waals surface area contributed by atoms with Crippen molar-refractivity contribution in [1.29, 1.82) is 0 Å². The minimum atomic E-state index is -0.0138. The Morgan fingerprint density at radius 3 is 2.65 bits per heavy atom. The van der Waals surface area contributed by atoms with Gasteiger partial charge in [-0.2, -0.15) is 0 Å². The number of thioether (sulfide) groups is 1. The summed E-state index contributed by atoms with van der Waals surface area (Å²) in [6.07, 6.45) is 2.04. The normalized spacial score (nSPS) is 11.2. The van der Waals surface area contributed by atoms with Crippen molar-refractivity contribution in [3.63, 3.8) is 0 Å². The molecule has 0 atom stereocenters. The quantitative estimate of drug-likeness (QED) is 0.286. The number of carbonyl (C=O) groups excluding carboxylic acids is 1. The zero-order valence-electron chi connectivity index (χ0n) is 17.3. The molecule has 2 aromatic heterocycles. The number of amides is 1. The van der Waals surface area contributed by atoms with Crippen LogP contribution in [0.25, 0.3) is 10.2 Å². The Balaban J connectivity index is 1.60. The number of rotatable bonds is 7. The molecular weight excluding hydrogens is 446 g/mol. The predicted molar refractivity (Wildman–Crippen MR) is 131 cm³/mol. The van der Waals surface area contributed by atoms with Crippen LogP contribution in [0.3, 0.4) is 0 Å². The van der Waals surface area contributed by atoms with Crippen LogP contribution in [-0.2, 0) is 17.8 Å². The summed E-state index contributed by atoms with van der Waals surface area (Å²) in [6, 6.07) is 19.5. The average Bonchev–Trinajstić information content (AvgIpc) is 3.16. The van der Waals surface area contributed by atoms with E-state index in [1.807, 2.05) is 60.3 Å². The summed E-state index contributed by atoms with van der Waals surface area (Å²) in [5, 5.41) is 1.83. The molecule has 0 spiro atoms. The zero-order valence-corrected chi connectivity index (χ0v) is 19.7. The van der Waals surface area contributed by atoms with Crippen LogP contribution in [0, 0.1) is 0 Å². The lowest BCUT2D eigenvalue weighted by Gasteiger charge is -2.19. The number of anilines is 1. The first-order chi connectivity index (χ1) is 15.0. The highest BCUT2D eigenvalue weighted by molar-refractivity contribution is 7.99. The van der Waals surface area contributed by atoms with Crippen molar-refractivity contribution >= 4 is 56.0 Å². The molecule has 2 aromatic carbocycles. The molecule has 7 heteroatoms. The molecule has 0 fully saturated rings. The Kier molecular flexibility index (Phi) is 6.90. The van der Waals surface area contributed by atoms with Gasteiger partial charge in [0.1, 0.15) is 0 Å². The molecule has 31 heavy (non-hydrogen) atoms. The van der Waals surface area contributed by atoms with Gasteiger partial charge in [0.2, 0.25) is 5.91 Å². The Bertz CT molecular complexity index is 1180. The molecule has 4 rings (SSSR count). The Labute approximate surface area is 195 Å². The first-order valence-electron chi connectivity index (χ1n) is 10.00. The number of thiazole rings is 1. The standard InChI is InChI=1S/C24H22ClN3OS2/c1-16(2)30-20-9-6-17(7-10-20)13-23(29)28(15-19-5-3-4-12-26-19)24-27-21-11-8-18(25)14-22(21)31-24/h3-12,14,16H,13,15H2,1-2H3. The monoisotopic (exact) mass is 467 g/mol. The van der Waals surface area contributed by atoms with Gasteiger partial charge in [0.05, 0.1) is 28.9 Å². The molecule has 0 bridgehead atoms. The van der Waals surface area contributed by atoms with Crippen molar-refractivity contribution in [3.05, 3.63) is 83.1 Å². The molecule has 0 aliphatic rings. The van der Waals surface area contributed by atoms with Gasteiger partial charge in [-0.25, -0.2) is 4.98 Å². The SMILES string of the molecule is CC(C)Sc1ccc(CC(=O)N(Cc2ccccn2)c2nc3ccc(Cl)cc3s2)cc1. The molecule has 0 aliphatic carbocycles. The van der Waals surface area contributed by atoms with Gasteiger partial charge in [0.15, 0.2) is 5.13 Å². The molecule has 4 nitrogen and oxygen atoms in total. The van der Waals surface area contributed by atoms with Crippen molar-refractivity contribution in [1.82, 2.24) is 9.97 Å². The fraction of sp³-hybridized carbons (Fsp3) is 0.208. The molecule has 1 amide bonds. The maximum absolute atomic E-state index is 13.4. The molecule has 0 saturated heterocycles. The Hall–Kier alpha value is -2.41. The minimum absolute atomic E-state index is 0.0138. The fourth-order valence-electron chi connectivity index (χ4n) is 3.15. The second-order valence-electron chi connectivity index (χ2n) is 7.40. The van der Waals surface area contributed by atoms with Crippen LogP contribution in [0.1, 0.15) is 25.1 Å². The van der Waals surface area contributed by atoms with Gasteiger partial charge in [-0.15, -0.1) is 11.8 Å². The van der Waals surface area contributed by atoms with Crippen LogP contribution < -0.4 is 4.90 Å². The average molecular weight is 468 g/mol. The summed E-state index contributed by atoms with van der Waals surface area (Å²) in [4.78, 5) is 25.4. The molecule has 0 radical (unpaired) electrons. The number of benzene rings is 2. The van der Waals surface area contributed by atoms with Crippen LogP contribution in [0.4, 0.5) is 5.13 Å². The number of fused-ring (bicyclic) bond motifs is 1. The fourth-order valence-corrected chi connectivity index (χ4v) is 5.24. The van der Waals surface area contributed by atoms with E-state index >= 15 is 0 Å². The van der Waals surface area contributed by atoms with Crippen LogP contribution in [0.5, 0.6) is 0 Å². The molecular formula is C24H22ClN3OS2. The smallest absolute Gasteiger partial charge is 0.233 e. The number of aromatic nitrogens is 2. The Morgan fingerprint density at radius 2 is 1.94 bits per heavy atom. The first-order valence-corrected chi connectivity index (χ1v) is 12.1. The predicted octanol–water partition coefficient (Wildman–Crippen LogP) is 6.62. The van der Waals surface area contributed by atoms with Gasteiger partial charge < -0.3 is 0 Å². The van der Waals surface area contributed by atoms with E-state index in [0.717, 1.165) is 21.5 Å². The maximum Gasteiger partial charge on any atom is 0.233 e. The van der Waals surface area contributed by atoms with E-state index in [0.29, 0.717) is 28.4 Å². The van der Waals surface area contributed by atoms with Gasteiger partial charge in [-0.3, -0.25) is 14.7 Å².